The highest BCUT2D eigenvalue weighted by molar-refractivity contribution is 5.83. The average Bonchev–Trinajstić information content (AvgIpc) is 2.77. The highest BCUT2D eigenvalue weighted by Crippen LogP contribution is 2.26. The first-order chi connectivity index (χ1) is 9.29. The fraction of sp³-hybridized carbons (Fsp3) is 0.0667. The molecule has 0 aliphatic heterocycles. The van der Waals surface area contributed by atoms with Gasteiger partial charge in [0.25, 0.3) is 0 Å². The number of fused-ring (bicyclic) bond motifs is 1. The number of aryl methyl sites for hydroxylation is 1. The van der Waals surface area contributed by atoms with Crippen LogP contribution in [0.15, 0.2) is 53.5 Å². The predicted molar refractivity (Wildman–Crippen MR) is 73.9 cm³/mol. The van der Waals surface area contributed by atoms with Gasteiger partial charge in [0.1, 0.15) is 5.82 Å². The third-order valence-corrected chi connectivity index (χ3v) is 3.07. The molecule has 3 aromatic rings. The van der Waals surface area contributed by atoms with Crippen LogP contribution in [0, 0.1) is 0 Å². The molecule has 0 N–H and O–H groups in total. The van der Waals surface area contributed by atoms with E-state index in [0.717, 1.165) is 22.4 Å². The first-order valence-electron chi connectivity index (χ1n) is 5.89. The Bertz CT molecular complexity index is 784. The van der Waals surface area contributed by atoms with Crippen LogP contribution in [0.3, 0.4) is 0 Å². The summed E-state index contributed by atoms with van der Waals surface area (Å²) in [5.74, 6) is 0.892. The van der Waals surface area contributed by atoms with Crippen LogP contribution >= 0.6 is 0 Å². The molecular weight excluding hydrogens is 238 g/mol. The van der Waals surface area contributed by atoms with Gasteiger partial charge in [-0.1, -0.05) is 30.3 Å². The van der Waals surface area contributed by atoms with Gasteiger partial charge in [-0.3, -0.25) is 0 Å². The molecule has 4 nitrogen and oxygen atoms in total. The lowest BCUT2D eigenvalue weighted by Crippen LogP contribution is -1.91. The Balaban J connectivity index is 2.23. The zero-order valence-electron chi connectivity index (χ0n) is 10.4. The molecule has 19 heavy (non-hydrogen) atoms. The minimum atomic E-state index is 0.570. The Labute approximate surface area is 110 Å². The smallest absolute Gasteiger partial charge is 0.240 e. The van der Waals surface area contributed by atoms with Gasteiger partial charge in [0.2, 0.25) is 6.08 Å². The second-order valence-electron chi connectivity index (χ2n) is 4.24. The maximum absolute atomic E-state index is 10.3. The van der Waals surface area contributed by atoms with Gasteiger partial charge in [-0.15, -0.1) is 0 Å². The summed E-state index contributed by atoms with van der Waals surface area (Å²) in [7, 11) is 1.97. The van der Waals surface area contributed by atoms with Gasteiger partial charge in [-0.25, -0.2) is 9.78 Å². The SMILES string of the molecule is Cn1c(-c2ccccc2)nc2cc(N=C=O)ccc21. The molecule has 0 bridgehead atoms. The number of benzene rings is 2. The van der Waals surface area contributed by atoms with Crippen molar-refractivity contribution in [1.29, 1.82) is 0 Å². The van der Waals surface area contributed by atoms with Crippen molar-refractivity contribution < 1.29 is 4.79 Å². The molecule has 92 valence electrons. The minimum Gasteiger partial charge on any atom is -0.327 e. The molecule has 1 heterocycles. The first kappa shape index (κ1) is 11.4. The van der Waals surface area contributed by atoms with Crippen molar-refractivity contribution in [2.24, 2.45) is 12.0 Å². The van der Waals surface area contributed by atoms with Crippen molar-refractivity contribution in [3.05, 3.63) is 48.5 Å². The monoisotopic (exact) mass is 249 g/mol. The number of hydrogen-bond acceptors (Lipinski definition) is 3. The summed E-state index contributed by atoms with van der Waals surface area (Å²) < 4.78 is 2.03. The molecule has 1 aromatic heterocycles. The van der Waals surface area contributed by atoms with E-state index in [1.807, 2.05) is 48.0 Å². The predicted octanol–water partition coefficient (Wildman–Crippen LogP) is 3.21. The van der Waals surface area contributed by atoms with Crippen molar-refractivity contribution in [1.82, 2.24) is 9.55 Å². The minimum absolute atomic E-state index is 0.570. The van der Waals surface area contributed by atoms with Gasteiger partial charge in [0, 0.05) is 12.6 Å². The van der Waals surface area contributed by atoms with E-state index in [1.54, 1.807) is 18.2 Å². The third kappa shape index (κ3) is 1.94. The van der Waals surface area contributed by atoms with Crippen molar-refractivity contribution in [3.8, 4) is 11.4 Å². The zero-order chi connectivity index (χ0) is 13.2. The maximum atomic E-state index is 10.3. The molecule has 0 atom stereocenters. The zero-order valence-corrected chi connectivity index (χ0v) is 10.4. The number of isocyanates is 1. The van der Waals surface area contributed by atoms with Crippen LogP contribution in [0.2, 0.25) is 0 Å². The van der Waals surface area contributed by atoms with Crippen molar-refractivity contribution in [2.75, 3.05) is 0 Å². The molecule has 0 aliphatic rings. The lowest BCUT2D eigenvalue weighted by Gasteiger charge is -2.01. The molecular formula is C15H11N3O. The van der Waals surface area contributed by atoms with E-state index >= 15 is 0 Å². The molecule has 0 saturated carbocycles. The van der Waals surface area contributed by atoms with Crippen LogP contribution < -0.4 is 0 Å². The lowest BCUT2D eigenvalue weighted by atomic mass is 10.2. The van der Waals surface area contributed by atoms with Gasteiger partial charge in [-0.2, -0.15) is 4.99 Å². The number of nitrogens with zero attached hydrogens (tertiary/aromatic N) is 3. The standard InChI is InChI=1S/C15H11N3O/c1-18-14-8-7-12(16-10-19)9-13(14)17-15(18)11-5-3-2-4-6-11/h2-9H,1H3. The molecule has 0 radical (unpaired) electrons. The summed E-state index contributed by atoms with van der Waals surface area (Å²) in [5.41, 5.74) is 3.45. The summed E-state index contributed by atoms with van der Waals surface area (Å²) >= 11 is 0. The number of aliphatic imine (C=N–C) groups is 1. The summed E-state index contributed by atoms with van der Waals surface area (Å²) in [6.07, 6.45) is 1.54. The molecule has 0 fully saturated rings. The Hall–Kier alpha value is -2.71. The van der Waals surface area contributed by atoms with Gasteiger partial charge >= 0.3 is 0 Å². The van der Waals surface area contributed by atoms with Gasteiger partial charge in [-0.05, 0) is 18.2 Å². The van der Waals surface area contributed by atoms with E-state index in [2.05, 4.69) is 9.98 Å². The molecule has 0 amide bonds. The molecule has 0 spiro atoms. The van der Waals surface area contributed by atoms with E-state index in [0.29, 0.717) is 5.69 Å². The quantitative estimate of drug-likeness (QED) is 0.517. The van der Waals surface area contributed by atoms with Crippen LogP contribution in [-0.4, -0.2) is 15.6 Å². The number of hydrogen-bond donors (Lipinski definition) is 0. The highest BCUT2D eigenvalue weighted by Gasteiger charge is 2.09. The summed E-state index contributed by atoms with van der Waals surface area (Å²) in [5, 5.41) is 0. The van der Waals surface area contributed by atoms with Crippen LogP contribution in [-0.2, 0) is 11.8 Å². The molecule has 0 unspecified atom stereocenters. The van der Waals surface area contributed by atoms with E-state index < -0.39 is 0 Å². The second kappa shape index (κ2) is 4.52. The molecule has 4 heteroatoms. The normalized spacial score (nSPS) is 10.4. The first-order valence-corrected chi connectivity index (χ1v) is 5.89. The fourth-order valence-electron chi connectivity index (χ4n) is 2.16. The van der Waals surface area contributed by atoms with Gasteiger partial charge in [0.05, 0.1) is 16.7 Å². The van der Waals surface area contributed by atoms with Crippen molar-refractivity contribution in [2.45, 2.75) is 0 Å². The van der Waals surface area contributed by atoms with Gasteiger partial charge < -0.3 is 4.57 Å². The Morgan fingerprint density at radius 3 is 2.68 bits per heavy atom. The second-order valence-corrected chi connectivity index (χ2v) is 4.24. The third-order valence-electron chi connectivity index (χ3n) is 3.07. The topological polar surface area (TPSA) is 47.2 Å². The van der Waals surface area contributed by atoms with E-state index in [4.69, 9.17) is 0 Å². The van der Waals surface area contributed by atoms with Gasteiger partial charge in [0.15, 0.2) is 0 Å². The fourth-order valence-corrected chi connectivity index (χ4v) is 2.16. The van der Waals surface area contributed by atoms with Crippen LogP contribution in [0.25, 0.3) is 22.4 Å². The lowest BCUT2D eigenvalue weighted by molar-refractivity contribution is 0.565. The maximum Gasteiger partial charge on any atom is 0.240 e. The van der Waals surface area contributed by atoms with Crippen molar-refractivity contribution in [3.63, 3.8) is 0 Å². The Morgan fingerprint density at radius 1 is 1.16 bits per heavy atom. The summed E-state index contributed by atoms with van der Waals surface area (Å²) in [6.45, 7) is 0. The molecule has 2 aromatic carbocycles. The van der Waals surface area contributed by atoms with E-state index in [-0.39, 0.29) is 0 Å². The van der Waals surface area contributed by atoms with Crippen LogP contribution in [0.1, 0.15) is 0 Å². The number of rotatable bonds is 2. The number of carbonyl (C=O) groups excluding carboxylic acids is 1. The van der Waals surface area contributed by atoms with E-state index in [1.165, 1.54) is 0 Å². The van der Waals surface area contributed by atoms with Crippen LogP contribution in [0.4, 0.5) is 5.69 Å². The Kier molecular flexibility index (Phi) is 2.71. The number of aromatic nitrogens is 2. The summed E-state index contributed by atoms with van der Waals surface area (Å²) in [4.78, 5) is 18.5. The number of imidazole rings is 1. The Morgan fingerprint density at radius 2 is 1.95 bits per heavy atom. The van der Waals surface area contributed by atoms with Crippen molar-refractivity contribution >= 4 is 22.8 Å². The van der Waals surface area contributed by atoms with E-state index in [9.17, 15) is 4.79 Å². The highest BCUT2D eigenvalue weighted by atomic mass is 16.1. The van der Waals surface area contributed by atoms with Crippen LogP contribution in [0.5, 0.6) is 0 Å². The molecule has 3 rings (SSSR count). The molecule has 0 aliphatic carbocycles. The molecule has 0 saturated heterocycles. The average molecular weight is 249 g/mol. The largest absolute Gasteiger partial charge is 0.327 e. The summed E-state index contributed by atoms with van der Waals surface area (Å²) in [6, 6.07) is 15.5.